The van der Waals surface area contributed by atoms with Gasteiger partial charge in [-0.05, 0) is 56.4 Å². The molecule has 0 N–H and O–H groups in total. The van der Waals surface area contributed by atoms with Crippen LogP contribution in [0.4, 0.5) is 0 Å². The number of hydrogen-bond donors (Lipinski definition) is 0. The number of amides is 1. The van der Waals surface area contributed by atoms with Gasteiger partial charge in [-0.1, -0.05) is 12.2 Å². The van der Waals surface area contributed by atoms with Gasteiger partial charge in [-0.3, -0.25) is 9.59 Å². The maximum Gasteiger partial charge on any atom is 0.226 e. The van der Waals surface area contributed by atoms with Crippen LogP contribution in [-0.2, 0) is 4.79 Å². The summed E-state index contributed by atoms with van der Waals surface area (Å²) in [7, 11) is 1.62. The van der Waals surface area contributed by atoms with E-state index < -0.39 is 0 Å². The highest BCUT2D eigenvalue weighted by Gasteiger charge is 2.31. The van der Waals surface area contributed by atoms with Gasteiger partial charge in [0, 0.05) is 30.5 Å². The number of carbonyl (C=O) groups is 2. The summed E-state index contributed by atoms with van der Waals surface area (Å²) in [5.41, 5.74) is 0.734. The van der Waals surface area contributed by atoms with Crippen LogP contribution in [0.2, 0.25) is 0 Å². The molecular formula is C20H25NO3. The Morgan fingerprint density at radius 2 is 1.71 bits per heavy atom. The predicted octanol–water partition coefficient (Wildman–Crippen LogP) is 3.47. The number of piperidine rings is 1. The minimum absolute atomic E-state index is 0.0219. The molecule has 2 aliphatic rings. The summed E-state index contributed by atoms with van der Waals surface area (Å²) < 4.78 is 5.13. The minimum Gasteiger partial charge on any atom is -0.497 e. The van der Waals surface area contributed by atoms with Crippen molar-refractivity contribution in [3.05, 3.63) is 42.0 Å². The highest BCUT2D eigenvalue weighted by Crippen LogP contribution is 2.26. The molecule has 1 aliphatic heterocycles. The number of likely N-dealkylation sites (tertiary alicyclic amines) is 1. The fourth-order valence-corrected chi connectivity index (χ4v) is 3.63. The average molecular weight is 327 g/mol. The molecule has 1 saturated heterocycles. The summed E-state index contributed by atoms with van der Waals surface area (Å²) in [6.07, 6.45) is 8.63. The quantitative estimate of drug-likeness (QED) is 0.628. The molecule has 1 aromatic carbocycles. The SMILES string of the molecule is COc1ccc(C(=O)C2CCN(C(=O)C3CC=CCC3)CC2)cc1. The monoisotopic (exact) mass is 327 g/mol. The average Bonchev–Trinajstić information content (AvgIpc) is 2.68. The first-order valence-electron chi connectivity index (χ1n) is 8.81. The predicted molar refractivity (Wildman–Crippen MR) is 93.1 cm³/mol. The third-order valence-electron chi connectivity index (χ3n) is 5.17. The number of ketones is 1. The Bertz CT molecular complexity index is 612. The van der Waals surface area contributed by atoms with Crippen molar-refractivity contribution in [3.63, 3.8) is 0 Å². The van der Waals surface area contributed by atoms with Crippen molar-refractivity contribution < 1.29 is 14.3 Å². The van der Waals surface area contributed by atoms with Gasteiger partial charge in [-0.25, -0.2) is 0 Å². The summed E-state index contributed by atoms with van der Waals surface area (Å²) >= 11 is 0. The first-order valence-corrected chi connectivity index (χ1v) is 8.81. The Labute approximate surface area is 143 Å². The minimum atomic E-state index is 0.0219. The molecule has 0 saturated carbocycles. The first-order chi connectivity index (χ1) is 11.7. The number of allylic oxidation sites excluding steroid dienone is 2. The maximum atomic E-state index is 12.6. The smallest absolute Gasteiger partial charge is 0.226 e. The van der Waals surface area contributed by atoms with Crippen molar-refractivity contribution in [1.29, 1.82) is 0 Å². The highest BCUT2D eigenvalue weighted by atomic mass is 16.5. The van der Waals surface area contributed by atoms with Crippen LogP contribution in [0.1, 0.15) is 42.5 Å². The van der Waals surface area contributed by atoms with Crippen LogP contribution in [0, 0.1) is 11.8 Å². The zero-order valence-electron chi connectivity index (χ0n) is 14.2. The summed E-state index contributed by atoms with van der Waals surface area (Å²) in [4.78, 5) is 27.1. The van der Waals surface area contributed by atoms with Gasteiger partial charge in [0.05, 0.1) is 7.11 Å². The van der Waals surface area contributed by atoms with Crippen LogP contribution in [0.5, 0.6) is 5.75 Å². The van der Waals surface area contributed by atoms with E-state index >= 15 is 0 Å². The van der Waals surface area contributed by atoms with Crippen molar-refractivity contribution in [1.82, 2.24) is 4.90 Å². The van der Waals surface area contributed by atoms with E-state index in [9.17, 15) is 9.59 Å². The Morgan fingerprint density at radius 1 is 1.00 bits per heavy atom. The van der Waals surface area contributed by atoms with E-state index in [1.165, 1.54) is 0 Å². The van der Waals surface area contributed by atoms with Gasteiger partial charge in [0.25, 0.3) is 0 Å². The number of hydrogen-bond acceptors (Lipinski definition) is 3. The topological polar surface area (TPSA) is 46.6 Å². The van der Waals surface area contributed by atoms with E-state index in [0.29, 0.717) is 13.1 Å². The van der Waals surface area contributed by atoms with E-state index in [1.54, 1.807) is 7.11 Å². The van der Waals surface area contributed by atoms with Gasteiger partial charge in [-0.2, -0.15) is 0 Å². The normalized spacial score (nSPS) is 21.5. The molecule has 1 heterocycles. The van der Waals surface area contributed by atoms with Gasteiger partial charge in [0.2, 0.25) is 5.91 Å². The number of ether oxygens (including phenoxy) is 1. The Balaban J connectivity index is 1.55. The molecule has 1 atom stereocenters. The number of rotatable bonds is 4. The summed E-state index contributed by atoms with van der Waals surface area (Å²) in [6.45, 7) is 1.40. The van der Waals surface area contributed by atoms with Gasteiger partial charge in [-0.15, -0.1) is 0 Å². The summed E-state index contributed by atoms with van der Waals surface area (Å²) in [5, 5.41) is 0. The van der Waals surface area contributed by atoms with Crippen molar-refractivity contribution >= 4 is 11.7 Å². The second-order valence-electron chi connectivity index (χ2n) is 6.67. The van der Waals surface area contributed by atoms with Gasteiger partial charge in [0.15, 0.2) is 5.78 Å². The zero-order chi connectivity index (χ0) is 16.9. The largest absolute Gasteiger partial charge is 0.497 e. The standard InChI is InChI=1S/C20H25NO3/c1-24-18-9-7-15(8-10-18)19(22)16-11-13-21(14-12-16)20(23)17-5-3-2-4-6-17/h2-3,7-10,16-17H,4-6,11-14H2,1H3. The molecule has 128 valence electrons. The van der Waals surface area contributed by atoms with E-state index in [1.807, 2.05) is 29.2 Å². The number of benzene rings is 1. The molecule has 1 unspecified atom stereocenters. The maximum absolute atomic E-state index is 12.6. The molecule has 4 nitrogen and oxygen atoms in total. The molecule has 1 fully saturated rings. The third kappa shape index (κ3) is 3.69. The molecule has 0 spiro atoms. The summed E-state index contributed by atoms with van der Waals surface area (Å²) in [5.74, 6) is 1.38. The lowest BCUT2D eigenvalue weighted by molar-refractivity contribution is -0.137. The fraction of sp³-hybridized carbons (Fsp3) is 0.500. The molecule has 0 bridgehead atoms. The number of nitrogens with zero attached hydrogens (tertiary/aromatic N) is 1. The lowest BCUT2D eigenvalue weighted by atomic mass is 9.87. The molecular weight excluding hydrogens is 302 g/mol. The van der Waals surface area contributed by atoms with Crippen molar-refractivity contribution in [2.24, 2.45) is 11.8 Å². The van der Waals surface area contributed by atoms with E-state index in [4.69, 9.17) is 4.74 Å². The van der Waals surface area contributed by atoms with Gasteiger partial charge in [0.1, 0.15) is 5.75 Å². The van der Waals surface area contributed by atoms with Crippen LogP contribution in [-0.4, -0.2) is 36.8 Å². The molecule has 1 amide bonds. The van der Waals surface area contributed by atoms with Crippen LogP contribution >= 0.6 is 0 Å². The molecule has 3 rings (SSSR count). The Morgan fingerprint density at radius 3 is 2.29 bits per heavy atom. The van der Waals surface area contributed by atoms with Crippen LogP contribution in [0.15, 0.2) is 36.4 Å². The first kappa shape index (κ1) is 16.7. The van der Waals surface area contributed by atoms with Crippen molar-refractivity contribution in [2.45, 2.75) is 32.1 Å². The molecule has 0 aromatic heterocycles. The number of methoxy groups -OCH3 is 1. The fourth-order valence-electron chi connectivity index (χ4n) is 3.63. The van der Waals surface area contributed by atoms with E-state index in [0.717, 1.165) is 43.4 Å². The second kappa shape index (κ2) is 7.65. The zero-order valence-corrected chi connectivity index (χ0v) is 14.2. The van der Waals surface area contributed by atoms with Crippen LogP contribution < -0.4 is 4.74 Å². The number of carbonyl (C=O) groups excluding carboxylic acids is 2. The Hall–Kier alpha value is -2.10. The lowest BCUT2D eigenvalue weighted by Gasteiger charge is -2.34. The molecule has 24 heavy (non-hydrogen) atoms. The second-order valence-corrected chi connectivity index (χ2v) is 6.67. The Kier molecular flexibility index (Phi) is 5.34. The van der Waals surface area contributed by atoms with Crippen molar-refractivity contribution in [2.75, 3.05) is 20.2 Å². The van der Waals surface area contributed by atoms with Crippen molar-refractivity contribution in [3.8, 4) is 5.75 Å². The molecule has 0 radical (unpaired) electrons. The van der Waals surface area contributed by atoms with Crippen LogP contribution in [0.3, 0.4) is 0 Å². The molecule has 1 aliphatic carbocycles. The number of Topliss-reactive ketones (excluding diaryl/α,β-unsaturated/α-hetero) is 1. The van der Waals surface area contributed by atoms with E-state index in [2.05, 4.69) is 12.2 Å². The van der Waals surface area contributed by atoms with Gasteiger partial charge >= 0.3 is 0 Å². The van der Waals surface area contributed by atoms with Gasteiger partial charge < -0.3 is 9.64 Å². The van der Waals surface area contributed by atoms with E-state index in [-0.39, 0.29) is 23.5 Å². The molecule has 4 heteroatoms. The third-order valence-corrected chi connectivity index (χ3v) is 5.17. The highest BCUT2D eigenvalue weighted by molar-refractivity contribution is 5.98. The lowest BCUT2D eigenvalue weighted by Crippen LogP contribution is -2.43. The molecule has 1 aromatic rings. The van der Waals surface area contributed by atoms with Crippen LogP contribution in [0.25, 0.3) is 0 Å². The summed E-state index contributed by atoms with van der Waals surface area (Å²) in [6, 6.07) is 7.30.